The van der Waals surface area contributed by atoms with Gasteiger partial charge < -0.3 is 10.2 Å². The molecule has 1 aliphatic heterocycles. The number of rotatable bonds is 3. The van der Waals surface area contributed by atoms with E-state index in [1.54, 1.807) is 0 Å². The maximum absolute atomic E-state index is 6.04. The van der Waals surface area contributed by atoms with Crippen LogP contribution in [0.3, 0.4) is 0 Å². The molecule has 1 heterocycles. The molecule has 1 aliphatic rings. The zero-order valence-corrected chi connectivity index (χ0v) is 12.1. The summed E-state index contributed by atoms with van der Waals surface area (Å²) in [6, 6.07) is 9.16. The molecule has 0 spiro atoms. The lowest BCUT2D eigenvalue weighted by Gasteiger charge is -2.22. The van der Waals surface area contributed by atoms with E-state index in [0.717, 1.165) is 5.02 Å². The van der Waals surface area contributed by atoms with Crippen LogP contribution in [0, 0.1) is 0 Å². The van der Waals surface area contributed by atoms with Crippen molar-refractivity contribution in [1.29, 1.82) is 0 Å². The monoisotopic (exact) mass is 266 g/mol. The summed E-state index contributed by atoms with van der Waals surface area (Å²) in [5.41, 5.74) is 1.28. The molecule has 1 N–H and O–H groups in total. The standard InChI is InChI=1S/C15H23ClN2/c1-12(13-5-3-6-14(16)11-13)17-15-7-4-9-18(2)10-8-15/h3,5-6,11-12,15,17H,4,7-10H2,1-2H3/t12-,15?/m1/s1. The lowest BCUT2D eigenvalue weighted by atomic mass is 10.0. The highest BCUT2D eigenvalue weighted by Gasteiger charge is 2.17. The van der Waals surface area contributed by atoms with E-state index < -0.39 is 0 Å². The summed E-state index contributed by atoms with van der Waals surface area (Å²) < 4.78 is 0. The highest BCUT2D eigenvalue weighted by Crippen LogP contribution is 2.20. The van der Waals surface area contributed by atoms with E-state index in [0.29, 0.717) is 12.1 Å². The van der Waals surface area contributed by atoms with Gasteiger partial charge in [0, 0.05) is 17.1 Å². The Morgan fingerprint density at radius 1 is 1.33 bits per heavy atom. The van der Waals surface area contributed by atoms with Crippen molar-refractivity contribution in [2.75, 3.05) is 20.1 Å². The first-order valence-electron chi connectivity index (χ1n) is 6.85. The predicted molar refractivity (Wildman–Crippen MR) is 78.1 cm³/mol. The maximum atomic E-state index is 6.04. The number of nitrogens with zero attached hydrogens (tertiary/aromatic N) is 1. The summed E-state index contributed by atoms with van der Waals surface area (Å²) in [7, 11) is 2.21. The van der Waals surface area contributed by atoms with Crippen LogP contribution < -0.4 is 5.32 Å². The van der Waals surface area contributed by atoms with Gasteiger partial charge in [-0.25, -0.2) is 0 Å². The van der Waals surface area contributed by atoms with Gasteiger partial charge in [0.05, 0.1) is 0 Å². The van der Waals surface area contributed by atoms with Crippen LogP contribution >= 0.6 is 11.6 Å². The normalized spacial score (nSPS) is 23.6. The van der Waals surface area contributed by atoms with Gasteiger partial charge in [0.2, 0.25) is 0 Å². The van der Waals surface area contributed by atoms with Crippen LogP contribution in [-0.4, -0.2) is 31.1 Å². The summed E-state index contributed by atoms with van der Waals surface area (Å²) >= 11 is 6.04. The molecule has 1 unspecified atom stereocenters. The molecule has 0 amide bonds. The minimum Gasteiger partial charge on any atom is -0.307 e. The Balaban J connectivity index is 1.92. The van der Waals surface area contributed by atoms with Crippen LogP contribution in [0.4, 0.5) is 0 Å². The van der Waals surface area contributed by atoms with Crippen molar-refractivity contribution in [1.82, 2.24) is 10.2 Å². The Hall–Kier alpha value is -0.570. The first-order chi connectivity index (χ1) is 8.65. The first-order valence-corrected chi connectivity index (χ1v) is 7.23. The van der Waals surface area contributed by atoms with Crippen LogP contribution in [0.15, 0.2) is 24.3 Å². The van der Waals surface area contributed by atoms with Crippen LogP contribution in [0.5, 0.6) is 0 Å². The largest absolute Gasteiger partial charge is 0.307 e. The second-order valence-electron chi connectivity index (χ2n) is 5.37. The highest BCUT2D eigenvalue weighted by atomic mass is 35.5. The number of likely N-dealkylation sites (tertiary alicyclic amines) is 1. The maximum Gasteiger partial charge on any atom is 0.0409 e. The van der Waals surface area contributed by atoms with Crippen molar-refractivity contribution in [3.05, 3.63) is 34.9 Å². The fourth-order valence-corrected chi connectivity index (χ4v) is 2.83. The highest BCUT2D eigenvalue weighted by molar-refractivity contribution is 6.30. The number of hydrogen-bond acceptors (Lipinski definition) is 2. The summed E-state index contributed by atoms with van der Waals surface area (Å²) in [6.07, 6.45) is 3.80. The van der Waals surface area contributed by atoms with E-state index in [4.69, 9.17) is 11.6 Å². The summed E-state index contributed by atoms with van der Waals surface area (Å²) in [5, 5.41) is 4.56. The third-order valence-corrected chi connectivity index (χ3v) is 4.02. The van der Waals surface area contributed by atoms with Crippen LogP contribution in [-0.2, 0) is 0 Å². The summed E-state index contributed by atoms with van der Waals surface area (Å²) in [6.45, 7) is 4.64. The van der Waals surface area contributed by atoms with E-state index in [2.05, 4.69) is 36.3 Å². The van der Waals surface area contributed by atoms with Crippen LogP contribution in [0.1, 0.15) is 37.8 Å². The molecule has 1 aromatic carbocycles. The lowest BCUT2D eigenvalue weighted by molar-refractivity contribution is 0.340. The topological polar surface area (TPSA) is 15.3 Å². The number of benzene rings is 1. The second kappa shape index (κ2) is 6.55. The van der Waals surface area contributed by atoms with Crippen LogP contribution in [0.25, 0.3) is 0 Å². The van der Waals surface area contributed by atoms with Gasteiger partial charge in [0.25, 0.3) is 0 Å². The fourth-order valence-electron chi connectivity index (χ4n) is 2.63. The van der Waals surface area contributed by atoms with E-state index in [9.17, 15) is 0 Å². The zero-order chi connectivity index (χ0) is 13.0. The molecule has 1 aromatic rings. The average molecular weight is 267 g/mol. The number of nitrogens with one attached hydrogen (secondary N) is 1. The molecule has 2 nitrogen and oxygen atoms in total. The second-order valence-corrected chi connectivity index (χ2v) is 5.81. The zero-order valence-electron chi connectivity index (χ0n) is 11.3. The molecule has 0 aromatic heterocycles. The average Bonchev–Trinajstić information content (AvgIpc) is 2.54. The van der Waals surface area contributed by atoms with E-state index in [-0.39, 0.29) is 0 Å². The van der Waals surface area contributed by atoms with Crippen molar-refractivity contribution in [2.24, 2.45) is 0 Å². The molecule has 3 heteroatoms. The molecule has 100 valence electrons. The van der Waals surface area contributed by atoms with E-state index in [1.165, 1.54) is 37.9 Å². The van der Waals surface area contributed by atoms with Gasteiger partial charge in [-0.3, -0.25) is 0 Å². The van der Waals surface area contributed by atoms with Gasteiger partial charge in [0.1, 0.15) is 0 Å². The Labute approximate surface area is 115 Å². The quantitative estimate of drug-likeness (QED) is 0.901. The Bertz CT molecular complexity index is 381. The van der Waals surface area contributed by atoms with Gasteiger partial charge >= 0.3 is 0 Å². The lowest BCUT2D eigenvalue weighted by Crippen LogP contribution is -2.32. The number of hydrogen-bond donors (Lipinski definition) is 1. The van der Waals surface area contributed by atoms with Gasteiger partial charge in [-0.05, 0) is 64.0 Å². The fraction of sp³-hybridized carbons (Fsp3) is 0.600. The third-order valence-electron chi connectivity index (χ3n) is 3.79. The molecule has 0 aliphatic carbocycles. The smallest absolute Gasteiger partial charge is 0.0409 e. The van der Waals surface area contributed by atoms with Crippen molar-refractivity contribution >= 4 is 11.6 Å². The molecule has 0 saturated carbocycles. The van der Waals surface area contributed by atoms with Gasteiger partial charge in [-0.1, -0.05) is 23.7 Å². The van der Waals surface area contributed by atoms with Gasteiger partial charge in [-0.2, -0.15) is 0 Å². The van der Waals surface area contributed by atoms with E-state index >= 15 is 0 Å². The molecule has 2 rings (SSSR count). The molecule has 18 heavy (non-hydrogen) atoms. The van der Waals surface area contributed by atoms with Crippen molar-refractivity contribution < 1.29 is 0 Å². The Kier molecular flexibility index (Phi) is 5.04. The minimum absolute atomic E-state index is 0.372. The summed E-state index contributed by atoms with van der Waals surface area (Å²) in [5.74, 6) is 0. The first kappa shape index (κ1) is 13.9. The molecule has 2 atom stereocenters. The van der Waals surface area contributed by atoms with Crippen molar-refractivity contribution in [3.8, 4) is 0 Å². The molecule has 0 radical (unpaired) electrons. The van der Waals surface area contributed by atoms with E-state index in [1.807, 2.05) is 12.1 Å². The van der Waals surface area contributed by atoms with Crippen molar-refractivity contribution in [2.45, 2.75) is 38.3 Å². The SMILES string of the molecule is C[C@@H](NC1CCCN(C)CC1)c1cccc(Cl)c1. The van der Waals surface area contributed by atoms with Gasteiger partial charge in [0.15, 0.2) is 0 Å². The Morgan fingerprint density at radius 2 is 2.17 bits per heavy atom. The molecular weight excluding hydrogens is 244 g/mol. The predicted octanol–water partition coefficient (Wildman–Crippen LogP) is 3.47. The molecule has 1 fully saturated rings. The molecular formula is C15H23ClN2. The van der Waals surface area contributed by atoms with Gasteiger partial charge in [-0.15, -0.1) is 0 Å². The number of halogens is 1. The minimum atomic E-state index is 0.372. The third kappa shape index (κ3) is 3.98. The molecule has 1 saturated heterocycles. The van der Waals surface area contributed by atoms with Crippen LogP contribution in [0.2, 0.25) is 5.02 Å². The summed E-state index contributed by atoms with van der Waals surface area (Å²) in [4.78, 5) is 2.42. The van der Waals surface area contributed by atoms with Crippen molar-refractivity contribution in [3.63, 3.8) is 0 Å². The molecule has 0 bridgehead atoms. The Morgan fingerprint density at radius 3 is 2.94 bits per heavy atom.